The van der Waals surface area contributed by atoms with Crippen molar-refractivity contribution in [2.24, 2.45) is 11.8 Å². The molecular formula is C39H47N7O5. The van der Waals surface area contributed by atoms with Gasteiger partial charge in [-0.25, -0.2) is 14.8 Å². The number of ether oxygens (including phenoxy) is 1. The van der Waals surface area contributed by atoms with Crippen molar-refractivity contribution >= 4 is 40.4 Å². The molecule has 0 spiro atoms. The van der Waals surface area contributed by atoms with Crippen molar-refractivity contribution < 1.29 is 23.9 Å². The van der Waals surface area contributed by atoms with E-state index >= 15 is 0 Å². The molecule has 0 aliphatic carbocycles. The number of benzene rings is 2. The Hall–Kier alpha value is -5.26. The number of carbonyl (C=O) groups is 4. The van der Waals surface area contributed by atoms with E-state index in [1.54, 1.807) is 16.0 Å². The van der Waals surface area contributed by atoms with Crippen LogP contribution in [0.3, 0.4) is 0 Å². The fraction of sp³-hybridized carbons (Fsp3) is 0.436. The third-order valence-corrected chi connectivity index (χ3v) is 9.75. The predicted molar refractivity (Wildman–Crippen MR) is 195 cm³/mol. The maximum absolute atomic E-state index is 13.5. The van der Waals surface area contributed by atoms with Crippen LogP contribution >= 0.6 is 0 Å². The number of imidazole rings is 1. The Balaban J connectivity index is 1.11. The number of alkyl carbamates (subject to hydrolysis) is 1. The highest BCUT2D eigenvalue weighted by molar-refractivity contribution is 5.99. The number of aromatic nitrogens is 3. The molecule has 2 fully saturated rings. The highest BCUT2D eigenvalue weighted by Crippen LogP contribution is 2.33. The summed E-state index contributed by atoms with van der Waals surface area (Å²) in [5, 5.41) is 6.61. The molecule has 0 radical (unpaired) electrons. The number of rotatable bonds is 10. The van der Waals surface area contributed by atoms with Crippen molar-refractivity contribution in [2.45, 2.75) is 77.9 Å². The SMILES string of the molecule is COC(=O)N[C@H](C(=O)N1CCCC1c1ncc(-c2ccc(-c3ccc4cc(NC(=O)C5CCCN5C(=O)CC(C)C)ccc4n3)cc2)[nH]1)C(C)C. The fourth-order valence-corrected chi connectivity index (χ4v) is 7.06. The molecule has 2 aliphatic rings. The molecule has 3 N–H and O–H groups in total. The van der Waals surface area contributed by atoms with Crippen LogP contribution in [0.4, 0.5) is 10.5 Å². The lowest BCUT2D eigenvalue weighted by molar-refractivity contribution is -0.137. The molecule has 2 saturated heterocycles. The van der Waals surface area contributed by atoms with Crippen molar-refractivity contribution in [3.05, 3.63) is 66.6 Å². The van der Waals surface area contributed by atoms with E-state index in [2.05, 4.69) is 20.6 Å². The maximum atomic E-state index is 13.5. The molecule has 0 bridgehead atoms. The molecule has 2 aromatic carbocycles. The largest absolute Gasteiger partial charge is 0.453 e. The molecule has 2 aliphatic heterocycles. The van der Waals surface area contributed by atoms with Crippen molar-refractivity contribution in [1.82, 2.24) is 30.1 Å². The minimum Gasteiger partial charge on any atom is -0.453 e. The van der Waals surface area contributed by atoms with Crippen molar-refractivity contribution in [3.8, 4) is 22.5 Å². The zero-order chi connectivity index (χ0) is 36.2. The number of methoxy groups -OCH3 is 1. The molecule has 4 aromatic rings. The molecule has 12 heteroatoms. The Kier molecular flexibility index (Phi) is 10.7. The molecule has 12 nitrogen and oxygen atoms in total. The predicted octanol–water partition coefficient (Wildman–Crippen LogP) is 6.31. The summed E-state index contributed by atoms with van der Waals surface area (Å²) in [6.45, 7) is 9.03. The van der Waals surface area contributed by atoms with E-state index in [1.165, 1.54) is 7.11 Å². The summed E-state index contributed by atoms with van der Waals surface area (Å²) >= 11 is 0. The smallest absolute Gasteiger partial charge is 0.407 e. The van der Waals surface area contributed by atoms with Gasteiger partial charge < -0.3 is 30.2 Å². The number of anilines is 1. The fourth-order valence-electron chi connectivity index (χ4n) is 7.06. The first-order valence-corrected chi connectivity index (χ1v) is 17.8. The summed E-state index contributed by atoms with van der Waals surface area (Å²) in [5.41, 5.74) is 5.05. The first kappa shape index (κ1) is 35.6. The molecule has 2 unspecified atom stereocenters. The lowest BCUT2D eigenvalue weighted by atomic mass is 10.0. The second-order valence-electron chi connectivity index (χ2n) is 14.2. The zero-order valence-electron chi connectivity index (χ0n) is 29.9. The molecule has 4 amide bonds. The van der Waals surface area contributed by atoms with Gasteiger partial charge in [-0.15, -0.1) is 0 Å². The lowest BCUT2D eigenvalue weighted by Crippen LogP contribution is -2.51. The number of likely N-dealkylation sites (tertiary alicyclic amines) is 2. The number of fused-ring (bicyclic) bond motifs is 1. The van der Waals surface area contributed by atoms with Gasteiger partial charge in [0.15, 0.2) is 0 Å². The molecule has 268 valence electrons. The maximum Gasteiger partial charge on any atom is 0.407 e. The third kappa shape index (κ3) is 7.90. The summed E-state index contributed by atoms with van der Waals surface area (Å²) in [7, 11) is 1.29. The molecule has 2 aromatic heterocycles. The number of hydrogen-bond donors (Lipinski definition) is 3. The number of nitrogens with one attached hydrogen (secondary N) is 3. The van der Waals surface area contributed by atoms with E-state index in [4.69, 9.17) is 9.72 Å². The van der Waals surface area contributed by atoms with Gasteiger partial charge >= 0.3 is 6.09 Å². The molecule has 6 rings (SSSR count). The monoisotopic (exact) mass is 693 g/mol. The Morgan fingerprint density at radius 3 is 2.37 bits per heavy atom. The summed E-state index contributed by atoms with van der Waals surface area (Å²) in [6, 6.07) is 16.4. The minimum atomic E-state index is -0.688. The Bertz CT molecular complexity index is 1900. The highest BCUT2D eigenvalue weighted by atomic mass is 16.5. The summed E-state index contributed by atoms with van der Waals surface area (Å²) in [5.74, 6) is 0.601. The average molecular weight is 694 g/mol. The summed E-state index contributed by atoms with van der Waals surface area (Å²) in [6.07, 6.45) is 4.73. The van der Waals surface area contributed by atoms with Crippen LogP contribution in [-0.4, -0.2) is 80.8 Å². The molecule has 3 atom stereocenters. The highest BCUT2D eigenvalue weighted by Gasteiger charge is 2.38. The van der Waals surface area contributed by atoms with Gasteiger partial charge in [-0.2, -0.15) is 0 Å². The van der Waals surface area contributed by atoms with E-state index in [9.17, 15) is 19.2 Å². The van der Waals surface area contributed by atoms with Gasteiger partial charge in [-0.3, -0.25) is 14.4 Å². The second-order valence-corrected chi connectivity index (χ2v) is 14.2. The number of aromatic amines is 1. The van der Waals surface area contributed by atoms with Crippen LogP contribution in [0.2, 0.25) is 0 Å². The van der Waals surface area contributed by atoms with Crippen LogP contribution in [0.15, 0.2) is 60.8 Å². The number of H-pyrrole nitrogens is 1. The van der Waals surface area contributed by atoms with E-state index in [1.807, 2.05) is 82.3 Å². The van der Waals surface area contributed by atoms with Gasteiger partial charge in [0.25, 0.3) is 0 Å². The van der Waals surface area contributed by atoms with Crippen molar-refractivity contribution in [2.75, 3.05) is 25.5 Å². The van der Waals surface area contributed by atoms with Gasteiger partial charge in [-0.05, 0) is 67.3 Å². The number of nitrogens with zero attached hydrogens (tertiary/aromatic N) is 4. The topological polar surface area (TPSA) is 150 Å². The standard InChI is InChI=1S/C39H47N7O5/c1-23(2)20-34(47)45-18-7-9-33(45)37(48)41-28-15-17-30-27(21-28)14-16-29(42-30)25-10-12-26(13-11-25)31-22-40-36(43-31)32-8-6-19-46(32)38(49)35(24(3)4)44-39(50)51-5/h10-17,21-24,32-33,35H,6-9,18-20H2,1-5H3,(H,40,43)(H,41,48)(H,44,50)/t32?,33?,35-/m0/s1. The summed E-state index contributed by atoms with van der Waals surface area (Å²) < 4.78 is 4.74. The molecular weight excluding hydrogens is 646 g/mol. The first-order valence-electron chi connectivity index (χ1n) is 17.8. The van der Waals surface area contributed by atoms with E-state index in [0.717, 1.165) is 52.7 Å². The van der Waals surface area contributed by atoms with Crippen LogP contribution in [-0.2, 0) is 19.1 Å². The Labute approximate surface area is 298 Å². The Morgan fingerprint density at radius 1 is 0.922 bits per heavy atom. The summed E-state index contributed by atoms with van der Waals surface area (Å²) in [4.78, 5) is 67.8. The first-order chi connectivity index (χ1) is 24.5. The van der Waals surface area contributed by atoms with Gasteiger partial charge in [-0.1, -0.05) is 58.0 Å². The lowest BCUT2D eigenvalue weighted by Gasteiger charge is -2.30. The molecule has 4 heterocycles. The van der Waals surface area contributed by atoms with E-state index < -0.39 is 18.2 Å². The number of pyridine rings is 1. The van der Waals surface area contributed by atoms with E-state index in [0.29, 0.717) is 37.4 Å². The van der Waals surface area contributed by atoms with Crippen LogP contribution in [0.25, 0.3) is 33.4 Å². The third-order valence-electron chi connectivity index (χ3n) is 9.75. The minimum absolute atomic E-state index is 0.0385. The van der Waals surface area contributed by atoms with Crippen LogP contribution in [0, 0.1) is 11.8 Å². The number of carbonyl (C=O) groups excluding carboxylic acids is 4. The normalized spacial score (nSPS) is 18.0. The van der Waals surface area contributed by atoms with Crippen LogP contribution in [0.1, 0.15) is 71.7 Å². The van der Waals surface area contributed by atoms with Crippen LogP contribution in [0.5, 0.6) is 0 Å². The second kappa shape index (κ2) is 15.3. The molecule has 51 heavy (non-hydrogen) atoms. The van der Waals surface area contributed by atoms with Gasteiger partial charge in [0.1, 0.15) is 17.9 Å². The van der Waals surface area contributed by atoms with Crippen LogP contribution < -0.4 is 10.6 Å². The van der Waals surface area contributed by atoms with Crippen molar-refractivity contribution in [3.63, 3.8) is 0 Å². The van der Waals surface area contributed by atoms with Crippen molar-refractivity contribution in [1.29, 1.82) is 0 Å². The number of hydrogen-bond acceptors (Lipinski definition) is 7. The van der Waals surface area contributed by atoms with Gasteiger partial charge in [0, 0.05) is 36.1 Å². The quantitative estimate of drug-likeness (QED) is 0.176. The van der Waals surface area contributed by atoms with Gasteiger partial charge in [0.05, 0.1) is 36.3 Å². The Morgan fingerprint density at radius 2 is 1.65 bits per heavy atom. The van der Waals surface area contributed by atoms with E-state index in [-0.39, 0.29) is 35.6 Å². The van der Waals surface area contributed by atoms with Gasteiger partial charge in [0.2, 0.25) is 17.7 Å². The number of amides is 4. The zero-order valence-corrected chi connectivity index (χ0v) is 29.9. The molecule has 0 saturated carbocycles. The average Bonchev–Trinajstić information content (AvgIpc) is 3.91.